The Kier molecular flexibility index (Phi) is 9.82. The summed E-state index contributed by atoms with van der Waals surface area (Å²) in [5, 5.41) is 20.4. The number of carboxylic acids is 1. The van der Waals surface area contributed by atoms with E-state index in [1.807, 2.05) is 60.7 Å². The van der Waals surface area contributed by atoms with Crippen LogP contribution in [0, 0.1) is 10.1 Å². The predicted molar refractivity (Wildman–Crippen MR) is 152 cm³/mol. The molecule has 0 amide bonds. The van der Waals surface area contributed by atoms with Crippen LogP contribution in [0.25, 0.3) is 6.08 Å². The van der Waals surface area contributed by atoms with Crippen molar-refractivity contribution in [2.24, 2.45) is 0 Å². The van der Waals surface area contributed by atoms with Crippen LogP contribution in [-0.4, -0.2) is 28.6 Å². The zero-order valence-corrected chi connectivity index (χ0v) is 22.0. The molecule has 0 aromatic heterocycles. The number of benzene rings is 4. The normalized spacial score (nSPS) is 10.7. The molecule has 4 rings (SSSR count). The van der Waals surface area contributed by atoms with Gasteiger partial charge in [0, 0.05) is 18.6 Å². The van der Waals surface area contributed by atoms with Gasteiger partial charge in [0.15, 0.2) is 0 Å². The van der Waals surface area contributed by atoms with Crippen LogP contribution >= 0.6 is 0 Å². The molecule has 41 heavy (non-hydrogen) atoms. The summed E-state index contributed by atoms with van der Waals surface area (Å²) in [4.78, 5) is 34.7. The number of non-ortho nitro benzene ring substituents is 1. The third-order valence-corrected chi connectivity index (χ3v) is 5.98. The molecule has 1 N–H and O–H groups in total. The monoisotopic (exact) mass is 553 g/mol. The van der Waals surface area contributed by atoms with Crippen LogP contribution in [0.15, 0.2) is 103 Å². The van der Waals surface area contributed by atoms with Crippen molar-refractivity contribution < 1.29 is 33.8 Å². The fraction of sp³-hybridized carbons (Fsp3) is 0.125. The molecule has 4 aromatic rings. The molecule has 0 aliphatic heterocycles. The van der Waals surface area contributed by atoms with E-state index in [4.69, 9.17) is 19.3 Å². The van der Waals surface area contributed by atoms with Crippen LogP contribution < -0.4 is 9.47 Å². The van der Waals surface area contributed by atoms with Crippen molar-refractivity contribution in [3.05, 3.63) is 141 Å². The average Bonchev–Trinajstić information content (AvgIpc) is 2.99. The van der Waals surface area contributed by atoms with Crippen LogP contribution in [-0.2, 0) is 29.2 Å². The van der Waals surface area contributed by atoms with Crippen molar-refractivity contribution in [3.63, 3.8) is 0 Å². The first kappa shape index (κ1) is 28.6. The zero-order chi connectivity index (χ0) is 29.0. The minimum atomic E-state index is -1.07. The lowest BCUT2D eigenvalue weighted by Crippen LogP contribution is -2.11. The Balaban J connectivity index is 1.51. The lowest BCUT2D eigenvalue weighted by atomic mass is 10.1. The molecule has 0 unspecified atom stereocenters. The van der Waals surface area contributed by atoms with Gasteiger partial charge in [-0.3, -0.25) is 10.1 Å². The first-order chi connectivity index (χ1) is 19.9. The molecule has 0 spiro atoms. The Morgan fingerprint density at radius 2 is 1.49 bits per heavy atom. The van der Waals surface area contributed by atoms with E-state index in [0.717, 1.165) is 22.8 Å². The first-order valence-electron chi connectivity index (χ1n) is 12.7. The molecule has 0 saturated heterocycles. The number of carbonyl (C=O) groups is 2. The van der Waals surface area contributed by atoms with E-state index in [9.17, 15) is 19.7 Å². The van der Waals surface area contributed by atoms with Crippen LogP contribution in [0.5, 0.6) is 11.5 Å². The van der Waals surface area contributed by atoms with Gasteiger partial charge in [-0.2, -0.15) is 0 Å². The number of aliphatic carboxylic acids is 1. The Bertz CT molecular complexity index is 1530. The maximum Gasteiger partial charge on any atom is 0.342 e. The van der Waals surface area contributed by atoms with Crippen molar-refractivity contribution in [1.29, 1.82) is 0 Å². The summed E-state index contributed by atoms with van der Waals surface area (Å²) in [6.07, 6.45) is 2.81. The van der Waals surface area contributed by atoms with Crippen molar-refractivity contribution >= 4 is 23.7 Å². The molecule has 9 nitrogen and oxygen atoms in total. The highest BCUT2D eigenvalue weighted by molar-refractivity contribution is 5.93. The van der Waals surface area contributed by atoms with Gasteiger partial charge < -0.3 is 19.3 Å². The van der Waals surface area contributed by atoms with Gasteiger partial charge in [0.05, 0.1) is 17.6 Å². The summed E-state index contributed by atoms with van der Waals surface area (Å²) in [6, 6.07) is 27.8. The molecular weight excluding hydrogens is 526 g/mol. The van der Waals surface area contributed by atoms with Gasteiger partial charge in [-0.05, 0) is 46.5 Å². The second kappa shape index (κ2) is 14.1. The van der Waals surface area contributed by atoms with Gasteiger partial charge >= 0.3 is 11.9 Å². The third-order valence-electron chi connectivity index (χ3n) is 5.98. The van der Waals surface area contributed by atoms with E-state index in [0.29, 0.717) is 24.3 Å². The van der Waals surface area contributed by atoms with Gasteiger partial charge in [0.2, 0.25) is 0 Å². The van der Waals surface area contributed by atoms with E-state index < -0.39 is 16.9 Å². The summed E-state index contributed by atoms with van der Waals surface area (Å²) in [6.45, 7) is 0.407. The molecule has 0 saturated carbocycles. The number of carbonyl (C=O) groups excluding carboxylic acids is 1. The molecule has 208 valence electrons. The number of hydrogen-bond donors (Lipinski definition) is 1. The number of carboxylic acid groups (broad SMARTS) is 1. The highest BCUT2D eigenvalue weighted by atomic mass is 16.6. The summed E-state index contributed by atoms with van der Waals surface area (Å²) >= 11 is 0. The van der Waals surface area contributed by atoms with Gasteiger partial charge in [0.1, 0.15) is 30.3 Å². The van der Waals surface area contributed by atoms with Crippen LogP contribution in [0.3, 0.4) is 0 Å². The van der Waals surface area contributed by atoms with E-state index in [1.165, 1.54) is 24.3 Å². The summed E-state index contributed by atoms with van der Waals surface area (Å²) in [7, 11) is 0. The highest BCUT2D eigenvalue weighted by Crippen LogP contribution is 2.28. The Hall–Kier alpha value is -5.44. The minimum absolute atomic E-state index is 0.0194. The first-order valence-corrected chi connectivity index (χ1v) is 12.7. The second-order valence-electron chi connectivity index (χ2n) is 8.91. The van der Waals surface area contributed by atoms with Crippen LogP contribution in [0.1, 0.15) is 32.6 Å². The average molecular weight is 554 g/mol. The van der Waals surface area contributed by atoms with E-state index in [2.05, 4.69) is 0 Å². The smallest absolute Gasteiger partial charge is 0.342 e. The molecule has 0 aliphatic rings. The van der Waals surface area contributed by atoms with Crippen LogP contribution in [0.4, 0.5) is 5.69 Å². The van der Waals surface area contributed by atoms with Crippen molar-refractivity contribution in [1.82, 2.24) is 0 Å². The summed E-state index contributed by atoms with van der Waals surface area (Å²) < 4.78 is 17.3. The number of nitrogens with zero attached hydrogens (tertiary/aromatic N) is 1. The zero-order valence-electron chi connectivity index (χ0n) is 22.0. The predicted octanol–water partition coefficient (Wildman–Crippen LogP) is 6.25. The molecule has 0 bridgehead atoms. The molecule has 0 aliphatic carbocycles. The number of ether oxygens (including phenoxy) is 3. The number of esters is 1. The van der Waals surface area contributed by atoms with Gasteiger partial charge in [-0.15, -0.1) is 0 Å². The Morgan fingerprint density at radius 1 is 0.805 bits per heavy atom. The van der Waals surface area contributed by atoms with Crippen molar-refractivity contribution in [2.75, 3.05) is 6.61 Å². The molecule has 0 radical (unpaired) electrons. The van der Waals surface area contributed by atoms with E-state index >= 15 is 0 Å². The topological polar surface area (TPSA) is 125 Å². The van der Waals surface area contributed by atoms with Gasteiger partial charge in [-0.25, -0.2) is 9.59 Å². The summed E-state index contributed by atoms with van der Waals surface area (Å²) in [5.74, 6) is -1.15. The van der Waals surface area contributed by atoms with Crippen molar-refractivity contribution in [3.8, 4) is 11.5 Å². The van der Waals surface area contributed by atoms with Gasteiger partial charge in [-0.1, -0.05) is 66.7 Å². The van der Waals surface area contributed by atoms with E-state index in [-0.39, 0.29) is 30.2 Å². The maximum absolute atomic E-state index is 12.9. The quantitative estimate of drug-likeness (QED) is 0.0891. The lowest BCUT2D eigenvalue weighted by molar-refractivity contribution is -0.384. The largest absolute Gasteiger partial charge is 0.492 e. The third kappa shape index (κ3) is 8.52. The molecular formula is C32H27NO8. The Labute approximate surface area is 236 Å². The number of hydrogen-bond acceptors (Lipinski definition) is 7. The molecule has 0 fully saturated rings. The van der Waals surface area contributed by atoms with Crippen molar-refractivity contribution in [2.45, 2.75) is 19.6 Å². The lowest BCUT2D eigenvalue weighted by Gasteiger charge is -2.15. The second-order valence-corrected chi connectivity index (χ2v) is 8.91. The maximum atomic E-state index is 12.9. The van der Waals surface area contributed by atoms with Crippen LogP contribution in [0.2, 0.25) is 0 Å². The molecule has 0 heterocycles. The highest BCUT2D eigenvalue weighted by Gasteiger charge is 2.19. The number of nitro groups is 1. The molecule has 4 aromatic carbocycles. The number of nitro benzene ring substituents is 1. The molecule has 9 heteroatoms. The van der Waals surface area contributed by atoms with E-state index in [1.54, 1.807) is 18.2 Å². The Morgan fingerprint density at radius 3 is 2.15 bits per heavy atom. The summed E-state index contributed by atoms with van der Waals surface area (Å²) in [5.41, 5.74) is 2.98. The SMILES string of the molecule is O=C(O)/C=C/c1ccc(OCc2ccccc2)c(CCOc2cc([N+](=O)[O-])ccc2C(=O)OCc2ccccc2)c1. The fourth-order valence-electron chi connectivity index (χ4n) is 3.93. The fourth-order valence-corrected chi connectivity index (χ4v) is 3.93. The van der Waals surface area contributed by atoms with Gasteiger partial charge in [0.25, 0.3) is 5.69 Å². The molecule has 0 atom stereocenters. The minimum Gasteiger partial charge on any atom is -0.492 e. The number of rotatable bonds is 13. The standard InChI is InChI=1S/C32H27NO8/c34-31(35)16-12-23-11-15-29(40-21-24-7-3-1-4-8-24)26(19-23)17-18-39-30-20-27(33(37)38)13-14-28(30)32(36)41-22-25-9-5-2-6-10-25/h1-16,19-20H,17-18,21-22H2,(H,34,35)/b16-12+.